The van der Waals surface area contributed by atoms with Crippen LogP contribution in [0.25, 0.3) is 0 Å². The first-order valence-corrected chi connectivity index (χ1v) is 7.75. The van der Waals surface area contributed by atoms with E-state index in [4.69, 9.17) is 11.6 Å². The molecule has 0 spiro atoms. The molecule has 2 rings (SSSR count). The smallest absolute Gasteiger partial charge is 0.336 e. The second-order valence-electron chi connectivity index (χ2n) is 5.51. The third-order valence-corrected chi connectivity index (χ3v) is 3.80. The lowest BCUT2D eigenvalue weighted by molar-refractivity contribution is -0.137. The largest absolute Gasteiger partial charge is 0.416 e. The Labute approximate surface area is 142 Å². The molecule has 2 N–H and O–H groups in total. The summed E-state index contributed by atoms with van der Waals surface area (Å²) in [6, 6.07) is 2.60. The van der Waals surface area contributed by atoms with Crippen molar-refractivity contribution in [1.29, 1.82) is 0 Å². The molecule has 1 aliphatic carbocycles. The first kappa shape index (κ1) is 18.4. The number of benzene rings is 1. The van der Waals surface area contributed by atoms with Gasteiger partial charge in [-0.05, 0) is 31.0 Å². The number of hydrogen-bond donors (Lipinski definition) is 2. The average molecular weight is 364 g/mol. The quantitative estimate of drug-likeness (QED) is 0.844. The minimum atomic E-state index is -4.54. The molecular weight excluding hydrogens is 347 g/mol. The Morgan fingerprint density at radius 3 is 2.54 bits per heavy atom. The van der Waals surface area contributed by atoms with Crippen molar-refractivity contribution in [2.45, 2.75) is 32.0 Å². The number of carbonyl (C=O) groups excluding carboxylic acids is 2. The van der Waals surface area contributed by atoms with E-state index < -0.39 is 17.6 Å². The lowest BCUT2D eigenvalue weighted by Gasteiger charge is -2.23. The first-order valence-electron chi connectivity index (χ1n) is 7.37. The van der Waals surface area contributed by atoms with Gasteiger partial charge in [-0.15, -0.1) is 0 Å². The zero-order chi connectivity index (χ0) is 17.9. The Morgan fingerprint density at radius 2 is 2.00 bits per heavy atom. The maximum atomic E-state index is 12.8. The van der Waals surface area contributed by atoms with Crippen LogP contribution in [0.4, 0.5) is 23.7 Å². The third-order valence-electron chi connectivity index (χ3n) is 3.48. The topological polar surface area (TPSA) is 61.4 Å². The summed E-state index contributed by atoms with van der Waals surface area (Å²) in [5, 5.41) is 5.30. The monoisotopic (exact) mass is 363 g/mol. The van der Waals surface area contributed by atoms with Gasteiger partial charge in [-0.3, -0.25) is 4.79 Å². The van der Waals surface area contributed by atoms with Crippen LogP contribution in [0, 0.1) is 0 Å². The van der Waals surface area contributed by atoms with Gasteiger partial charge in [0.2, 0.25) is 5.91 Å². The molecule has 9 heteroatoms. The van der Waals surface area contributed by atoms with E-state index in [0.717, 1.165) is 35.9 Å². The van der Waals surface area contributed by atoms with Gasteiger partial charge in [-0.2, -0.15) is 13.2 Å². The van der Waals surface area contributed by atoms with Crippen molar-refractivity contribution in [3.63, 3.8) is 0 Å². The summed E-state index contributed by atoms with van der Waals surface area (Å²) in [5.41, 5.74) is -0.934. The second kappa shape index (κ2) is 7.29. The summed E-state index contributed by atoms with van der Waals surface area (Å²) < 4.78 is 38.5. The molecule has 1 fully saturated rings. The molecule has 1 aliphatic rings. The van der Waals surface area contributed by atoms with Crippen LogP contribution in [0.3, 0.4) is 0 Å². The van der Waals surface area contributed by atoms with Crippen LogP contribution in [0.2, 0.25) is 5.02 Å². The van der Waals surface area contributed by atoms with Crippen molar-refractivity contribution >= 4 is 29.2 Å². The maximum absolute atomic E-state index is 12.8. The highest BCUT2D eigenvalue weighted by atomic mass is 35.5. The van der Waals surface area contributed by atoms with Crippen LogP contribution in [0.5, 0.6) is 0 Å². The van der Waals surface area contributed by atoms with Crippen molar-refractivity contribution in [3.05, 3.63) is 28.8 Å². The Hall–Kier alpha value is -1.96. The van der Waals surface area contributed by atoms with E-state index in [1.807, 2.05) is 0 Å². The Balaban J connectivity index is 2.06. The van der Waals surface area contributed by atoms with E-state index in [2.05, 4.69) is 10.6 Å². The van der Waals surface area contributed by atoms with E-state index in [9.17, 15) is 22.8 Å². The maximum Gasteiger partial charge on any atom is 0.416 e. The average Bonchev–Trinajstić information content (AvgIpc) is 3.27. The molecule has 0 aliphatic heterocycles. The highest BCUT2D eigenvalue weighted by Crippen LogP contribution is 2.35. The number of amides is 3. The zero-order valence-corrected chi connectivity index (χ0v) is 13.7. The first-order chi connectivity index (χ1) is 11.2. The van der Waals surface area contributed by atoms with Crippen molar-refractivity contribution in [2.75, 3.05) is 18.0 Å². The minimum Gasteiger partial charge on any atom is -0.336 e. The highest BCUT2D eigenvalue weighted by molar-refractivity contribution is 6.33. The number of halogens is 4. The van der Waals surface area contributed by atoms with Crippen LogP contribution in [-0.2, 0) is 11.0 Å². The number of anilines is 1. The molecule has 0 bridgehead atoms. The van der Waals surface area contributed by atoms with E-state index in [1.165, 1.54) is 6.92 Å². The number of nitrogens with zero attached hydrogens (tertiary/aromatic N) is 1. The second-order valence-corrected chi connectivity index (χ2v) is 5.92. The molecule has 0 heterocycles. The molecule has 0 radical (unpaired) electrons. The van der Waals surface area contributed by atoms with Gasteiger partial charge in [-0.25, -0.2) is 4.79 Å². The van der Waals surface area contributed by atoms with Gasteiger partial charge in [0.1, 0.15) is 0 Å². The Bertz CT molecular complexity index is 633. The number of nitrogens with one attached hydrogen (secondary N) is 2. The lowest BCUT2D eigenvalue weighted by Crippen LogP contribution is -2.42. The van der Waals surface area contributed by atoms with Crippen LogP contribution in [0.1, 0.15) is 25.3 Å². The predicted molar refractivity (Wildman–Crippen MR) is 84.0 cm³/mol. The highest BCUT2D eigenvalue weighted by Gasteiger charge is 2.32. The molecule has 1 saturated carbocycles. The fourth-order valence-electron chi connectivity index (χ4n) is 2.09. The van der Waals surface area contributed by atoms with Gasteiger partial charge in [0.25, 0.3) is 0 Å². The lowest BCUT2D eigenvalue weighted by atomic mass is 10.1. The fraction of sp³-hybridized carbons (Fsp3) is 0.467. The molecule has 1 aromatic carbocycles. The molecule has 5 nitrogen and oxygen atoms in total. The van der Waals surface area contributed by atoms with Gasteiger partial charge >= 0.3 is 12.2 Å². The molecular formula is C15H17ClF3N3O2. The summed E-state index contributed by atoms with van der Waals surface area (Å²) in [4.78, 5) is 24.4. The third kappa shape index (κ3) is 5.02. The Kier molecular flexibility index (Phi) is 5.58. The van der Waals surface area contributed by atoms with Crippen LogP contribution < -0.4 is 15.5 Å². The van der Waals surface area contributed by atoms with E-state index in [1.54, 1.807) is 0 Å². The number of carbonyl (C=O) groups is 2. The van der Waals surface area contributed by atoms with Crippen molar-refractivity contribution in [2.24, 2.45) is 0 Å². The van der Waals surface area contributed by atoms with E-state index in [0.29, 0.717) is 0 Å². The van der Waals surface area contributed by atoms with Gasteiger partial charge in [0, 0.05) is 26.1 Å². The zero-order valence-electron chi connectivity index (χ0n) is 12.9. The van der Waals surface area contributed by atoms with Gasteiger partial charge in [0.15, 0.2) is 0 Å². The summed E-state index contributed by atoms with van der Waals surface area (Å²) >= 11 is 5.94. The number of hydrogen-bond acceptors (Lipinski definition) is 2. The molecule has 0 unspecified atom stereocenters. The standard InChI is InChI=1S/C15H17ClF3N3O2/c1-9(23)22(7-6-20-14(24)21-11-3-4-11)13-8-10(15(17,18)19)2-5-12(13)16/h2,5,8,11H,3-4,6-7H2,1H3,(H2,20,21,24). The SMILES string of the molecule is CC(=O)N(CCNC(=O)NC1CC1)c1cc(C(F)(F)F)ccc1Cl. The Morgan fingerprint density at radius 1 is 1.33 bits per heavy atom. The number of rotatable bonds is 5. The van der Waals surface area contributed by atoms with E-state index in [-0.39, 0.29) is 35.9 Å². The molecule has 1 aromatic rings. The van der Waals surface area contributed by atoms with Crippen molar-refractivity contribution in [1.82, 2.24) is 10.6 Å². The van der Waals surface area contributed by atoms with Crippen LogP contribution in [0.15, 0.2) is 18.2 Å². The summed E-state index contributed by atoms with van der Waals surface area (Å²) in [5.74, 6) is -0.472. The fourth-order valence-corrected chi connectivity index (χ4v) is 2.31. The normalized spacial score (nSPS) is 14.2. The van der Waals surface area contributed by atoms with Gasteiger partial charge in [-0.1, -0.05) is 11.6 Å². The van der Waals surface area contributed by atoms with Crippen molar-refractivity contribution < 1.29 is 22.8 Å². The molecule has 0 atom stereocenters. The minimum absolute atomic E-state index is 0.00838. The molecule has 0 aromatic heterocycles. The van der Waals surface area contributed by atoms with Crippen molar-refractivity contribution in [3.8, 4) is 0 Å². The number of urea groups is 1. The van der Waals surface area contributed by atoms with Crippen LogP contribution in [-0.4, -0.2) is 31.1 Å². The molecule has 3 amide bonds. The predicted octanol–water partition coefficient (Wildman–Crippen LogP) is 3.17. The molecule has 24 heavy (non-hydrogen) atoms. The van der Waals surface area contributed by atoms with E-state index >= 15 is 0 Å². The van der Waals surface area contributed by atoms with Gasteiger partial charge < -0.3 is 15.5 Å². The molecule has 132 valence electrons. The summed E-state index contributed by atoms with van der Waals surface area (Å²) in [6.07, 6.45) is -2.66. The number of alkyl halides is 3. The summed E-state index contributed by atoms with van der Waals surface area (Å²) in [6.45, 7) is 1.32. The van der Waals surface area contributed by atoms with Gasteiger partial charge in [0.05, 0.1) is 16.3 Å². The summed E-state index contributed by atoms with van der Waals surface area (Å²) in [7, 11) is 0. The molecule has 0 saturated heterocycles. The van der Waals surface area contributed by atoms with Crippen LogP contribution >= 0.6 is 11.6 Å².